The molecule has 6 heteroatoms. The van der Waals surface area contributed by atoms with E-state index in [9.17, 15) is 4.79 Å². The summed E-state index contributed by atoms with van der Waals surface area (Å²) in [5.74, 6) is 0.695. The van der Waals surface area contributed by atoms with Crippen LogP contribution < -0.4 is 15.4 Å². The Hall–Kier alpha value is -3.41. The van der Waals surface area contributed by atoms with E-state index in [1.165, 1.54) is 0 Å². The summed E-state index contributed by atoms with van der Waals surface area (Å²) < 4.78 is 5.57. The number of nitrogens with zero attached hydrogens (tertiary/aromatic N) is 2. The maximum atomic E-state index is 12.8. The van der Waals surface area contributed by atoms with Crippen LogP contribution in [0.5, 0.6) is 5.75 Å². The average molecular weight is 376 g/mol. The lowest BCUT2D eigenvalue weighted by atomic mass is 10.1. The van der Waals surface area contributed by atoms with Crippen molar-refractivity contribution >= 4 is 23.2 Å². The Kier molecular flexibility index (Phi) is 5.89. The highest BCUT2D eigenvalue weighted by molar-refractivity contribution is 6.04. The van der Waals surface area contributed by atoms with Crippen molar-refractivity contribution in [3.63, 3.8) is 0 Å². The number of ether oxygens (including phenoxy) is 1. The molecule has 144 valence electrons. The van der Waals surface area contributed by atoms with E-state index in [-0.39, 0.29) is 11.6 Å². The molecule has 2 aromatic carbocycles. The molecule has 0 atom stereocenters. The second kappa shape index (κ2) is 8.52. The van der Waals surface area contributed by atoms with E-state index in [1.54, 1.807) is 12.1 Å². The van der Waals surface area contributed by atoms with Crippen molar-refractivity contribution in [2.45, 2.75) is 27.7 Å². The van der Waals surface area contributed by atoms with Gasteiger partial charge in [0.1, 0.15) is 11.4 Å². The number of amides is 1. The predicted molar refractivity (Wildman–Crippen MR) is 112 cm³/mol. The Morgan fingerprint density at radius 3 is 2.43 bits per heavy atom. The van der Waals surface area contributed by atoms with E-state index in [1.807, 2.05) is 64.1 Å². The van der Waals surface area contributed by atoms with Crippen LogP contribution in [0.2, 0.25) is 0 Å². The molecule has 1 aromatic heterocycles. The standard InChI is InChI=1S/C22H24N4O2/c1-5-28-19-12-7-6-11-17(19)24-21(27)18-13-16(4)23-22(25-18)26-20-14(2)9-8-10-15(20)3/h6-13H,5H2,1-4H3,(H,24,27)(H,23,25,26). The van der Waals surface area contributed by atoms with Gasteiger partial charge in [0.15, 0.2) is 0 Å². The number of aromatic nitrogens is 2. The lowest BCUT2D eigenvalue weighted by Crippen LogP contribution is -2.16. The van der Waals surface area contributed by atoms with E-state index in [4.69, 9.17) is 4.74 Å². The van der Waals surface area contributed by atoms with Crippen LogP contribution in [0, 0.1) is 20.8 Å². The van der Waals surface area contributed by atoms with Crippen LogP contribution in [0.3, 0.4) is 0 Å². The Morgan fingerprint density at radius 2 is 1.71 bits per heavy atom. The minimum absolute atomic E-state index is 0.285. The van der Waals surface area contributed by atoms with Crippen LogP contribution in [-0.4, -0.2) is 22.5 Å². The molecule has 1 amide bonds. The summed E-state index contributed by atoms with van der Waals surface area (Å²) in [6.45, 7) is 8.29. The molecule has 2 N–H and O–H groups in total. The van der Waals surface area contributed by atoms with Gasteiger partial charge < -0.3 is 15.4 Å². The summed E-state index contributed by atoms with van der Waals surface area (Å²) >= 11 is 0. The number of anilines is 3. The van der Waals surface area contributed by atoms with Crippen molar-refractivity contribution < 1.29 is 9.53 Å². The number of aryl methyl sites for hydroxylation is 3. The van der Waals surface area contributed by atoms with Crippen LogP contribution >= 0.6 is 0 Å². The third-order valence-electron chi connectivity index (χ3n) is 4.24. The zero-order valence-corrected chi connectivity index (χ0v) is 16.5. The molecule has 0 aliphatic rings. The van der Waals surface area contributed by atoms with Crippen molar-refractivity contribution in [2.75, 3.05) is 17.2 Å². The van der Waals surface area contributed by atoms with Gasteiger partial charge >= 0.3 is 0 Å². The second-order valence-corrected chi connectivity index (χ2v) is 6.49. The van der Waals surface area contributed by atoms with Gasteiger partial charge in [-0.2, -0.15) is 0 Å². The normalized spacial score (nSPS) is 10.4. The highest BCUT2D eigenvalue weighted by Gasteiger charge is 2.14. The Bertz CT molecular complexity index is 981. The maximum absolute atomic E-state index is 12.8. The minimum Gasteiger partial charge on any atom is -0.492 e. The molecule has 0 unspecified atom stereocenters. The second-order valence-electron chi connectivity index (χ2n) is 6.49. The third kappa shape index (κ3) is 4.46. The van der Waals surface area contributed by atoms with Crippen molar-refractivity contribution in [1.29, 1.82) is 0 Å². The molecule has 0 saturated heterocycles. The monoisotopic (exact) mass is 376 g/mol. The molecule has 0 spiro atoms. The SMILES string of the molecule is CCOc1ccccc1NC(=O)c1cc(C)nc(Nc2c(C)cccc2C)n1. The molecule has 3 rings (SSSR count). The fourth-order valence-corrected chi connectivity index (χ4v) is 2.90. The zero-order chi connectivity index (χ0) is 20.1. The van der Waals surface area contributed by atoms with Gasteiger partial charge in [-0.15, -0.1) is 0 Å². The summed E-state index contributed by atoms with van der Waals surface area (Å²) in [5, 5.41) is 6.12. The molecule has 0 aliphatic carbocycles. The number of nitrogens with one attached hydrogen (secondary N) is 2. The van der Waals surface area contributed by atoms with E-state index < -0.39 is 0 Å². The van der Waals surface area contributed by atoms with Crippen molar-refractivity contribution in [1.82, 2.24) is 9.97 Å². The van der Waals surface area contributed by atoms with Gasteiger partial charge in [0.2, 0.25) is 5.95 Å². The van der Waals surface area contributed by atoms with E-state index in [2.05, 4.69) is 20.6 Å². The number of hydrogen-bond donors (Lipinski definition) is 2. The molecule has 0 radical (unpaired) electrons. The van der Waals surface area contributed by atoms with Crippen molar-refractivity contribution in [3.8, 4) is 5.75 Å². The van der Waals surface area contributed by atoms with Crippen molar-refractivity contribution in [3.05, 3.63) is 71.0 Å². The van der Waals surface area contributed by atoms with E-state index in [0.717, 1.165) is 16.8 Å². The molecule has 1 heterocycles. The van der Waals surface area contributed by atoms with Crippen LogP contribution in [0.4, 0.5) is 17.3 Å². The summed E-state index contributed by atoms with van der Waals surface area (Å²) in [6.07, 6.45) is 0. The smallest absolute Gasteiger partial charge is 0.274 e. The number of para-hydroxylation sites is 3. The number of carbonyl (C=O) groups is 1. The number of benzene rings is 2. The van der Waals surface area contributed by atoms with Crippen LogP contribution in [0.1, 0.15) is 34.2 Å². The van der Waals surface area contributed by atoms with Crippen LogP contribution in [0.15, 0.2) is 48.5 Å². The third-order valence-corrected chi connectivity index (χ3v) is 4.24. The Balaban J connectivity index is 1.86. The summed E-state index contributed by atoms with van der Waals surface area (Å²) in [6, 6.07) is 15.0. The number of hydrogen-bond acceptors (Lipinski definition) is 5. The zero-order valence-electron chi connectivity index (χ0n) is 16.5. The molecule has 0 saturated carbocycles. The van der Waals surface area contributed by atoms with Gasteiger partial charge in [0, 0.05) is 11.4 Å². The fourth-order valence-electron chi connectivity index (χ4n) is 2.90. The quantitative estimate of drug-likeness (QED) is 0.646. The average Bonchev–Trinajstić information content (AvgIpc) is 2.66. The number of carbonyl (C=O) groups excluding carboxylic acids is 1. The molecular weight excluding hydrogens is 352 g/mol. The summed E-state index contributed by atoms with van der Waals surface area (Å²) in [7, 11) is 0. The molecule has 3 aromatic rings. The first kappa shape index (κ1) is 19.4. The fraction of sp³-hybridized carbons (Fsp3) is 0.227. The lowest BCUT2D eigenvalue weighted by molar-refractivity contribution is 0.102. The van der Waals surface area contributed by atoms with Gasteiger partial charge in [0.05, 0.1) is 12.3 Å². The van der Waals surface area contributed by atoms with Gasteiger partial charge in [-0.05, 0) is 57.0 Å². The minimum atomic E-state index is -0.317. The molecule has 0 aliphatic heterocycles. The highest BCUT2D eigenvalue weighted by atomic mass is 16.5. The predicted octanol–water partition coefficient (Wildman–Crippen LogP) is 4.80. The summed E-state index contributed by atoms with van der Waals surface area (Å²) in [5.41, 5.74) is 4.71. The molecule has 0 fully saturated rings. The molecular formula is C22H24N4O2. The summed E-state index contributed by atoms with van der Waals surface area (Å²) in [4.78, 5) is 21.6. The molecule has 0 bridgehead atoms. The van der Waals surface area contributed by atoms with Gasteiger partial charge in [-0.3, -0.25) is 4.79 Å². The Labute approximate surface area is 165 Å². The van der Waals surface area contributed by atoms with Gasteiger partial charge in [-0.25, -0.2) is 9.97 Å². The van der Waals surface area contributed by atoms with Crippen LogP contribution in [0.25, 0.3) is 0 Å². The first-order valence-corrected chi connectivity index (χ1v) is 9.20. The van der Waals surface area contributed by atoms with Crippen molar-refractivity contribution in [2.24, 2.45) is 0 Å². The lowest BCUT2D eigenvalue weighted by Gasteiger charge is -2.13. The van der Waals surface area contributed by atoms with Gasteiger partial charge in [-0.1, -0.05) is 30.3 Å². The highest BCUT2D eigenvalue weighted by Crippen LogP contribution is 2.25. The van der Waals surface area contributed by atoms with E-state index >= 15 is 0 Å². The van der Waals surface area contributed by atoms with E-state index in [0.29, 0.717) is 29.7 Å². The molecule has 6 nitrogen and oxygen atoms in total. The first-order valence-electron chi connectivity index (χ1n) is 9.20. The largest absolute Gasteiger partial charge is 0.492 e. The Morgan fingerprint density at radius 1 is 1.00 bits per heavy atom. The topological polar surface area (TPSA) is 76.1 Å². The maximum Gasteiger partial charge on any atom is 0.274 e. The van der Waals surface area contributed by atoms with Gasteiger partial charge in [0.25, 0.3) is 5.91 Å². The van der Waals surface area contributed by atoms with Crippen LogP contribution in [-0.2, 0) is 0 Å². The molecule has 28 heavy (non-hydrogen) atoms. The number of rotatable bonds is 6. The first-order chi connectivity index (χ1) is 13.5.